The Balaban J connectivity index is 1.10. The molecule has 0 aliphatic rings. The number of nitrogens with zero attached hydrogens (tertiary/aromatic N) is 5. The molecule has 2 amide bonds. The van der Waals surface area contributed by atoms with E-state index in [4.69, 9.17) is 56.4 Å². The van der Waals surface area contributed by atoms with Crippen LogP contribution in [-0.4, -0.2) is 121 Å². The summed E-state index contributed by atoms with van der Waals surface area (Å²) in [6.45, 7) is 0.879. The van der Waals surface area contributed by atoms with Crippen LogP contribution in [0.1, 0.15) is 25.0 Å². The number of rotatable bonds is 27. The number of sulfonamides is 3. The summed E-state index contributed by atoms with van der Waals surface area (Å²) in [4.78, 5) is 50.0. The van der Waals surface area contributed by atoms with Crippen molar-refractivity contribution in [3.63, 3.8) is 0 Å². The molecule has 23 nitrogen and oxygen atoms in total. The van der Waals surface area contributed by atoms with Crippen molar-refractivity contribution in [3.05, 3.63) is 179 Å². The molecule has 0 radical (unpaired) electrons. The van der Waals surface area contributed by atoms with Crippen LogP contribution in [0, 0.1) is 0 Å². The number of hydrogen-bond donors (Lipinski definition) is 2. The molecule has 2 aromatic heterocycles. The van der Waals surface area contributed by atoms with Gasteiger partial charge in [0.2, 0.25) is 11.8 Å². The molecule has 0 fully saturated rings. The van der Waals surface area contributed by atoms with E-state index in [2.05, 4.69) is 20.6 Å². The Hall–Kier alpha value is -9.34. The molecule has 6 aromatic carbocycles. The molecule has 0 saturated heterocycles. The lowest BCUT2D eigenvalue weighted by atomic mass is 10.0. The quantitative estimate of drug-likeness (QED) is 0.0358. The molecule has 0 aliphatic carbocycles. The fourth-order valence-corrected chi connectivity index (χ4v) is 13.9. The third kappa shape index (κ3) is 15.0. The maximum absolute atomic E-state index is 14.9. The second-order valence-corrected chi connectivity index (χ2v) is 25.9. The third-order valence-corrected chi connectivity index (χ3v) is 19.3. The van der Waals surface area contributed by atoms with Crippen molar-refractivity contribution in [1.82, 2.24) is 9.97 Å². The summed E-state index contributed by atoms with van der Waals surface area (Å²) < 4.78 is 129. The SMILES string of the molecule is COc1ccc(OC)c(N(CC(=O)Nc2ccc(-c3cc(OC)cc(N(CC(=O)Nc4cc(Cc5cc(OC)c(N(CC(=O)OC(C)C)S(=O)(=O)c6ccccc6)cc5OC)cnc4Cl)S(=O)(=O)c4ccccc4)c3OC)nc2Cl)S(=O)(=O)c2ccccc2)c1. The van der Waals surface area contributed by atoms with E-state index in [1.54, 1.807) is 50.2 Å². The number of aromatic nitrogens is 2. The molecule has 0 bridgehead atoms. The van der Waals surface area contributed by atoms with Gasteiger partial charge in [-0.1, -0.05) is 77.8 Å². The number of hydrogen-bond acceptors (Lipinski definition) is 18. The zero-order valence-corrected chi connectivity index (χ0v) is 53.6. The molecule has 8 aromatic rings. The standard InChI is InChI=1S/C62H61Cl2N7O16S3/c1-39(2)87-59(74)38-71(90(79,80)46-22-16-11-17-23-46)52-34-55(84-6)41(30-56(52)85-7)28-40-29-50(61(63)65-35-40)67-58(73)37-70(89(77,78)45-20-14-10-15-21-45)53-33-43(82-4)31-47(60(53)86-8)48-25-26-49(62(64)68-48)66-57(72)36-69(88(75,76)44-18-12-9-13-19-44)51-32-42(81-3)24-27-54(51)83-5/h9-27,29-35,39H,28,36-38H2,1-8H3,(H,66,72)(H,67,73). The van der Waals surface area contributed by atoms with Crippen LogP contribution >= 0.6 is 23.2 Å². The summed E-state index contributed by atoms with van der Waals surface area (Å²) in [6, 6.07) is 36.9. The Kier molecular flexibility index (Phi) is 21.4. The Morgan fingerprint density at radius 2 is 1.00 bits per heavy atom. The molecule has 8 rings (SSSR count). The van der Waals surface area contributed by atoms with Crippen molar-refractivity contribution in [2.75, 3.05) is 85.8 Å². The summed E-state index contributed by atoms with van der Waals surface area (Å²) in [7, 11) is -5.44. The van der Waals surface area contributed by atoms with Gasteiger partial charge >= 0.3 is 5.97 Å². The predicted octanol–water partition coefficient (Wildman–Crippen LogP) is 9.91. The number of amides is 2. The van der Waals surface area contributed by atoms with Crippen molar-refractivity contribution in [3.8, 4) is 45.8 Å². The van der Waals surface area contributed by atoms with Crippen LogP contribution in [0.2, 0.25) is 10.3 Å². The van der Waals surface area contributed by atoms with Crippen LogP contribution in [-0.2, 0) is 55.6 Å². The number of halogens is 2. The highest BCUT2D eigenvalue weighted by molar-refractivity contribution is 7.93. The normalized spacial score (nSPS) is 11.5. The molecule has 472 valence electrons. The predicted molar refractivity (Wildman–Crippen MR) is 340 cm³/mol. The van der Waals surface area contributed by atoms with Gasteiger partial charge in [0.1, 0.15) is 48.4 Å². The number of ether oxygens (including phenoxy) is 7. The van der Waals surface area contributed by atoms with Gasteiger partial charge in [-0.3, -0.25) is 27.3 Å². The van der Waals surface area contributed by atoms with Gasteiger partial charge in [-0.2, -0.15) is 0 Å². The van der Waals surface area contributed by atoms with E-state index >= 15 is 0 Å². The summed E-state index contributed by atoms with van der Waals surface area (Å²) in [5.74, 6) is -1.97. The molecule has 2 heterocycles. The van der Waals surface area contributed by atoms with E-state index in [0.717, 1.165) is 12.9 Å². The van der Waals surface area contributed by atoms with Crippen LogP contribution in [0.15, 0.2) is 173 Å². The fraction of sp³-hybridized carbons (Fsp3) is 0.210. The van der Waals surface area contributed by atoms with Crippen molar-refractivity contribution in [2.24, 2.45) is 0 Å². The summed E-state index contributed by atoms with van der Waals surface area (Å²) in [6.07, 6.45) is 0.905. The smallest absolute Gasteiger partial charge is 0.327 e. The van der Waals surface area contributed by atoms with Crippen LogP contribution in [0.4, 0.5) is 28.4 Å². The largest absolute Gasteiger partial charge is 0.497 e. The summed E-state index contributed by atoms with van der Waals surface area (Å²) in [5.41, 5.74) is 0.782. The number of benzene rings is 6. The van der Waals surface area contributed by atoms with E-state index < -0.39 is 73.6 Å². The van der Waals surface area contributed by atoms with Gasteiger partial charge in [-0.05, 0) is 98.3 Å². The summed E-state index contributed by atoms with van der Waals surface area (Å²) >= 11 is 13.4. The van der Waals surface area contributed by atoms with Gasteiger partial charge in [0.25, 0.3) is 30.1 Å². The lowest BCUT2D eigenvalue weighted by Gasteiger charge is -2.27. The fourth-order valence-electron chi connectivity index (χ4n) is 9.25. The van der Waals surface area contributed by atoms with Gasteiger partial charge in [0, 0.05) is 41.9 Å². The minimum Gasteiger partial charge on any atom is -0.497 e. The molecule has 0 saturated carbocycles. The van der Waals surface area contributed by atoms with Crippen molar-refractivity contribution in [2.45, 2.75) is 41.1 Å². The number of anilines is 5. The van der Waals surface area contributed by atoms with Gasteiger partial charge in [-0.15, -0.1) is 0 Å². The van der Waals surface area contributed by atoms with E-state index in [0.29, 0.717) is 11.1 Å². The van der Waals surface area contributed by atoms with E-state index in [9.17, 15) is 39.6 Å². The first-order chi connectivity index (χ1) is 43.0. The lowest BCUT2D eigenvalue weighted by Crippen LogP contribution is -2.38. The number of nitrogens with one attached hydrogen (secondary N) is 2. The average Bonchev–Trinajstić information content (AvgIpc) is 0.795. The molecule has 0 unspecified atom stereocenters. The third-order valence-electron chi connectivity index (χ3n) is 13.4. The highest BCUT2D eigenvalue weighted by atomic mass is 35.5. The van der Waals surface area contributed by atoms with Gasteiger partial charge in [0.05, 0.1) is 97.6 Å². The molecule has 2 N–H and O–H groups in total. The average molecular weight is 1330 g/mol. The van der Waals surface area contributed by atoms with Gasteiger partial charge in [0.15, 0.2) is 16.1 Å². The first-order valence-electron chi connectivity index (χ1n) is 27.0. The Bertz CT molecular complexity index is 4290. The van der Waals surface area contributed by atoms with Gasteiger partial charge < -0.3 is 43.8 Å². The Morgan fingerprint density at radius 3 is 1.50 bits per heavy atom. The highest BCUT2D eigenvalue weighted by Gasteiger charge is 2.35. The topological polar surface area (TPSA) is 278 Å². The van der Waals surface area contributed by atoms with E-state index in [1.165, 1.54) is 164 Å². The lowest BCUT2D eigenvalue weighted by molar-refractivity contribution is -0.145. The van der Waals surface area contributed by atoms with E-state index in [1.807, 2.05) is 0 Å². The maximum atomic E-state index is 14.9. The van der Waals surface area contributed by atoms with Crippen LogP contribution in [0.3, 0.4) is 0 Å². The van der Waals surface area contributed by atoms with Crippen molar-refractivity contribution >= 4 is 99.5 Å². The Labute approximate surface area is 531 Å². The number of carbonyl (C=O) groups is 3. The van der Waals surface area contributed by atoms with Crippen molar-refractivity contribution in [1.29, 1.82) is 0 Å². The molecule has 0 spiro atoms. The summed E-state index contributed by atoms with van der Waals surface area (Å²) in [5, 5.41) is 4.88. The maximum Gasteiger partial charge on any atom is 0.327 e. The number of pyridine rings is 2. The zero-order chi connectivity index (χ0) is 65.1. The van der Waals surface area contributed by atoms with E-state index in [-0.39, 0.29) is 106 Å². The second-order valence-electron chi connectivity index (χ2n) is 19.6. The monoisotopic (exact) mass is 1330 g/mol. The minimum atomic E-state index is -4.67. The first kappa shape index (κ1) is 66.6. The molecule has 0 atom stereocenters. The van der Waals surface area contributed by atoms with Crippen LogP contribution < -0.4 is 52.0 Å². The molecular weight excluding hydrogens is 1270 g/mol. The van der Waals surface area contributed by atoms with Gasteiger partial charge in [-0.25, -0.2) is 35.2 Å². The second kappa shape index (κ2) is 28.9. The van der Waals surface area contributed by atoms with Crippen molar-refractivity contribution < 1.29 is 72.8 Å². The molecule has 0 aliphatic heterocycles. The van der Waals surface area contributed by atoms with Crippen LogP contribution in [0.25, 0.3) is 11.3 Å². The molecule has 90 heavy (non-hydrogen) atoms. The number of esters is 1. The molecule has 28 heteroatoms. The minimum absolute atomic E-state index is 0.00216. The van der Waals surface area contributed by atoms with Crippen LogP contribution in [0.5, 0.6) is 34.5 Å². The zero-order valence-electron chi connectivity index (χ0n) is 49.7. The first-order valence-corrected chi connectivity index (χ1v) is 32.1. The molecular formula is C62H61Cl2N7O16S3. The number of carbonyl (C=O) groups excluding carboxylic acids is 3. The highest BCUT2D eigenvalue weighted by Crippen LogP contribution is 2.45. The Morgan fingerprint density at radius 1 is 0.500 bits per heavy atom. The number of methoxy groups -OCH3 is 6.